The number of hydrogen-bond donors (Lipinski definition) is 1. The summed E-state index contributed by atoms with van der Waals surface area (Å²) < 4.78 is 13.9. The summed E-state index contributed by atoms with van der Waals surface area (Å²) in [6.45, 7) is 1.16. The van der Waals surface area contributed by atoms with E-state index in [1.807, 2.05) is 0 Å². The van der Waals surface area contributed by atoms with Crippen LogP contribution in [0.2, 0.25) is 0 Å². The number of carbonyl (C=O) groups is 1. The molecule has 5 nitrogen and oxygen atoms in total. The third kappa shape index (κ3) is 3.55. The van der Waals surface area contributed by atoms with Gasteiger partial charge in [0.05, 0.1) is 11.8 Å². The number of H-pyrrole nitrogens is 1. The molecule has 5 rings (SSSR count). The van der Waals surface area contributed by atoms with Crippen LogP contribution in [0.4, 0.5) is 4.39 Å². The van der Waals surface area contributed by atoms with Gasteiger partial charge in [-0.15, -0.1) is 11.3 Å². The number of halogens is 1. The Kier molecular flexibility index (Phi) is 5.15. The van der Waals surface area contributed by atoms with Gasteiger partial charge in [0.15, 0.2) is 0 Å². The zero-order valence-corrected chi connectivity index (χ0v) is 17.6. The number of fused-ring (bicyclic) bond motifs is 3. The molecule has 1 aliphatic carbocycles. The number of hydrogen-bond acceptors (Lipinski definition) is 4. The molecule has 1 saturated heterocycles. The molecule has 2 aromatic heterocycles. The monoisotopic (exact) mass is 425 g/mol. The van der Waals surface area contributed by atoms with Gasteiger partial charge in [0, 0.05) is 23.9 Å². The van der Waals surface area contributed by atoms with Crippen LogP contribution in [0, 0.1) is 5.82 Å². The van der Waals surface area contributed by atoms with Crippen LogP contribution in [0.1, 0.15) is 53.4 Å². The van der Waals surface area contributed by atoms with Crippen LogP contribution in [0.15, 0.2) is 29.1 Å². The predicted octanol–water partition coefficient (Wildman–Crippen LogP) is 3.95. The molecule has 30 heavy (non-hydrogen) atoms. The first kappa shape index (κ1) is 19.4. The van der Waals surface area contributed by atoms with Crippen molar-refractivity contribution in [1.29, 1.82) is 0 Å². The molecule has 0 saturated carbocycles. The van der Waals surface area contributed by atoms with Crippen molar-refractivity contribution in [2.24, 2.45) is 0 Å². The van der Waals surface area contributed by atoms with Gasteiger partial charge < -0.3 is 9.88 Å². The van der Waals surface area contributed by atoms with Gasteiger partial charge in [-0.1, -0.05) is 18.2 Å². The Morgan fingerprint density at radius 2 is 2.07 bits per heavy atom. The normalized spacial score (nSPS) is 19.1. The van der Waals surface area contributed by atoms with Gasteiger partial charge in [-0.2, -0.15) is 0 Å². The number of likely N-dealkylation sites (tertiary alicyclic amines) is 1. The highest BCUT2D eigenvalue weighted by Crippen LogP contribution is 2.34. The largest absolute Gasteiger partial charge is 0.342 e. The lowest BCUT2D eigenvalue weighted by molar-refractivity contribution is -0.131. The summed E-state index contributed by atoms with van der Waals surface area (Å²) in [5, 5.41) is 0.766. The quantitative estimate of drug-likeness (QED) is 0.691. The number of piperidine rings is 1. The summed E-state index contributed by atoms with van der Waals surface area (Å²) in [6.07, 6.45) is 6.07. The SMILES string of the molecule is O=C(Cc1ccccc1F)N1CCC[C@@H](c2nc3sc4c(c3c(=O)[nH]2)CCCC4)C1. The summed E-state index contributed by atoms with van der Waals surface area (Å²) in [7, 11) is 0. The number of thiophene rings is 1. The van der Waals surface area contributed by atoms with E-state index < -0.39 is 0 Å². The van der Waals surface area contributed by atoms with Gasteiger partial charge in [0.1, 0.15) is 16.5 Å². The summed E-state index contributed by atoms with van der Waals surface area (Å²) in [4.78, 5) is 37.4. The van der Waals surface area contributed by atoms with Crippen molar-refractivity contribution in [3.63, 3.8) is 0 Å². The molecule has 1 N–H and O–H groups in total. The molecule has 3 aromatic rings. The second-order valence-electron chi connectivity index (χ2n) is 8.29. The topological polar surface area (TPSA) is 66.1 Å². The zero-order valence-electron chi connectivity index (χ0n) is 16.7. The van der Waals surface area contributed by atoms with Crippen LogP contribution in [-0.2, 0) is 24.1 Å². The minimum Gasteiger partial charge on any atom is -0.342 e. The third-order valence-electron chi connectivity index (χ3n) is 6.30. The number of carbonyl (C=O) groups excluding carboxylic acids is 1. The summed E-state index contributed by atoms with van der Waals surface area (Å²) in [5.74, 6) is 0.242. The second-order valence-corrected chi connectivity index (χ2v) is 9.37. The van der Waals surface area contributed by atoms with Crippen molar-refractivity contribution in [1.82, 2.24) is 14.9 Å². The molecule has 3 heterocycles. The van der Waals surface area contributed by atoms with Gasteiger partial charge in [0.2, 0.25) is 5.91 Å². The third-order valence-corrected chi connectivity index (χ3v) is 7.49. The van der Waals surface area contributed by atoms with E-state index in [0.29, 0.717) is 24.5 Å². The van der Waals surface area contributed by atoms with Gasteiger partial charge in [0.25, 0.3) is 5.56 Å². The number of aromatic nitrogens is 2. The number of aromatic amines is 1. The number of amides is 1. The van der Waals surface area contributed by atoms with E-state index in [9.17, 15) is 14.0 Å². The van der Waals surface area contributed by atoms with E-state index in [-0.39, 0.29) is 29.6 Å². The van der Waals surface area contributed by atoms with Crippen molar-refractivity contribution < 1.29 is 9.18 Å². The van der Waals surface area contributed by atoms with Crippen LogP contribution in [0.25, 0.3) is 10.2 Å². The van der Waals surface area contributed by atoms with E-state index >= 15 is 0 Å². The Bertz CT molecular complexity index is 1170. The lowest BCUT2D eigenvalue weighted by atomic mass is 9.95. The van der Waals surface area contributed by atoms with Crippen molar-refractivity contribution in [2.45, 2.75) is 50.9 Å². The molecule has 1 amide bonds. The minimum absolute atomic E-state index is 0.000418. The average molecular weight is 426 g/mol. The number of nitrogens with zero attached hydrogens (tertiary/aromatic N) is 2. The molecule has 0 unspecified atom stereocenters. The standard InChI is InChI=1S/C23H24FN3O2S/c24-17-9-3-1-6-14(17)12-19(28)27-11-5-7-15(13-27)21-25-22(29)20-16-8-2-4-10-18(16)30-23(20)26-21/h1,3,6,9,15H,2,4-5,7-8,10-13H2,(H,25,26,29)/t15-/m1/s1. The fourth-order valence-corrected chi connectivity index (χ4v) is 5.99. The fourth-order valence-electron chi connectivity index (χ4n) is 4.72. The smallest absolute Gasteiger partial charge is 0.259 e. The van der Waals surface area contributed by atoms with Crippen LogP contribution in [-0.4, -0.2) is 33.9 Å². The predicted molar refractivity (Wildman–Crippen MR) is 116 cm³/mol. The fraction of sp³-hybridized carbons (Fsp3) is 0.435. The van der Waals surface area contributed by atoms with E-state index in [0.717, 1.165) is 42.3 Å². The first-order chi connectivity index (χ1) is 14.6. The van der Waals surface area contributed by atoms with Gasteiger partial charge in [-0.3, -0.25) is 9.59 Å². The lowest BCUT2D eigenvalue weighted by Gasteiger charge is -2.32. The van der Waals surface area contributed by atoms with Crippen molar-refractivity contribution in [3.05, 3.63) is 62.3 Å². The molecule has 0 radical (unpaired) electrons. The molecule has 0 spiro atoms. The Hall–Kier alpha value is -2.54. The highest BCUT2D eigenvalue weighted by molar-refractivity contribution is 7.18. The number of rotatable bonds is 3. The minimum atomic E-state index is -0.350. The second kappa shape index (κ2) is 7.95. The van der Waals surface area contributed by atoms with E-state index in [1.54, 1.807) is 34.4 Å². The summed E-state index contributed by atoms with van der Waals surface area (Å²) in [5.41, 5.74) is 1.55. The molecule has 1 aromatic carbocycles. The van der Waals surface area contributed by atoms with Crippen molar-refractivity contribution in [3.8, 4) is 0 Å². The number of nitrogens with one attached hydrogen (secondary N) is 1. The Labute approximate surface area is 178 Å². The maximum Gasteiger partial charge on any atom is 0.259 e. The van der Waals surface area contributed by atoms with Gasteiger partial charge in [-0.05, 0) is 55.7 Å². The van der Waals surface area contributed by atoms with Crippen molar-refractivity contribution >= 4 is 27.5 Å². The average Bonchev–Trinajstić information content (AvgIpc) is 3.14. The number of aryl methyl sites for hydroxylation is 2. The molecular weight excluding hydrogens is 401 g/mol. The molecule has 1 atom stereocenters. The van der Waals surface area contributed by atoms with Crippen LogP contribution in [0.5, 0.6) is 0 Å². The first-order valence-corrected chi connectivity index (χ1v) is 11.5. The zero-order chi connectivity index (χ0) is 20.7. The highest BCUT2D eigenvalue weighted by Gasteiger charge is 2.28. The van der Waals surface area contributed by atoms with Gasteiger partial charge >= 0.3 is 0 Å². The molecule has 1 fully saturated rings. The Morgan fingerprint density at radius 3 is 2.93 bits per heavy atom. The Balaban J connectivity index is 1.38. The number of benzene rings is 1. The van der Waals surface area contributed by atoms with Gasteiger partial charge in [-0.25, -0.2) is 9.37 Å². The van der Waals surface area contributed by atoms with Crippen LogP contribution < -0.4 is 5.56 Å². The maximum absolute atomic E-state index is 13.9. The summed E-state index contributed by atoms with van der Waals surface area (Å²) in [6, 6.07) is 6.41. The maximum atomic E-state index is 13.9. The lowest BCUT2D eigenvalue weighted by Crippen LogP contribution is -2.40. The Morgan fingerprint density at radius 1 is 1.23 bits per heavy atom. The molecular formula is C23H24FN3O2S. The molecule has 156 valence electrons. The van der Waals surface area contributed by atoms with E-state index in [2.05, 4.69) is 4.98 Å². The highest BCUT2D eigenvalue weighted by atomic mass is 32.1. The van der Waals surface area contributed by atoms with Crippen LogP contribution >= 0.6 is 11.3 Å². The molecule has 1 aliphatic heterocycles. The molecule has 2 aliphatic rings. The van der Waals surface area contributed by atoms with E-state index in [1.165, 1.54) is 22.9 Å². The summed E-state index contributed by atoms with van der Waals surface area (Å²) >= 11 is 1.65. The molecule has 0 bridgehead atoms. The molecule has 7 heteroatoms. The van der Waals surface area contributed by atoms with Crippen LogP contribution in [0.3, 0.4) is 0 Å². The first-order valence-electron chi connectivity index (χ1n) is 10.7. The van der Waals surface area contributed by atoms with Crippen molar-refractivity contribution in [2.75, 3.05) is 13.1 Å². The van der Waals surface area contributed by atoms with E-state index in [4.69, 9.17) is 4.98 Å².